The molecule has 3 heterocycles. The number of hydrogen-bond acceptors (Lipinski definition) is 11. The molecule has 2 saturated heterocycles. The van der Waals surface area contributed by atoms with Crippen molar-refractivity contribution in [2.75, 3.05) is 27.9 Å². The normalized spacial score (nSPS) is 37.8. The fourth-order valence-corrected chi connectivity index (χ4v) is 11.4. The first kappa shape index (κ1) is 50.9. The van der Waals surface area contributed by atoms with Gasteiger partial charge in [-0.1, -0.05) is 87.9 Å². The van der Waals surface area contributed by atoms with Crippen LogP contribution in [0.4, 0.5) is 0 Å². The molecule has 0 aromatic heterocycles. The van der Waals surface area contributed by atoms with Gasteiger partial charge >= 0.3 is 5.97 Å². The molecule has 12 nitrogen and oxygen atoms in total. The second-order valence-corrected chi connectivity index (χ2v) is 20.0. The smallest absolute Gasteiger partial charge is 0.329 e. The molecule has 2 bridgehead atoms. The topological polar surface area (TPSA) is 161 Å². The van der Waals surface area contributed by atoms with Gasteiger partial charge in [0.15, 0.2) is 6.10 Å². The zero-order valence-corrected chi connectivity index (χ0v) is 40.3. The zero-order chi connectivity index (χ0) is 47.2. The molecule has 15 atom stereocenters. The largest absolute Gasteiger partial charge is 0.456 e. The van der Waals surface area contributed by atoms with Gasteiger partial charge in [-0.05, 0) is 112 Å². The van der Waals surface area contributed by atoms with Gasteiger partial charge in [0.1, 0.15) is 24.0 Å². The predicted molar refractivity (Wildman–Crippen MR) is 250 cm³/mol. The van der Waals surface area contributed by atoms with Crippen LogP contribution in [0.1, 0.15) is 124 Å². The first-order valence-corrected chi connectivity index (χ1v) is 24.3. The Morgan fingerprint density at radius 1 is 0.877 bits per heavy atom. The molecule has 3 aliphatic heterocycles. The van der Waals surface area contributed by atoms with E-state index >= 15 is 0 Å². The van der Waals surface area contributed by atoms with Crippen LogP contribution in [-0.4, -0.2) is 120 Å². The minimum Gasteiger partial charge on any atom is -0.456 e. The Hall–Kier alpha value is -3.49. The summed E-state index contributed by atoms with van der Waals surface area (Å²) >= 11 is 0. The van der Waals surface area contributed by atoms with Gasteiger partial charge in [-0.3, -0.25) is 9.59 Å². The molecule has 4 aliphatic rings. The minimum atomic E-state index is -2.31. The number of rotatable bonds is 7. The molecular formula is C53H77NO11. The van der Waals surface area contributed by atoms with Crippen LogP contribution in [0, 0.1) is 29.6 Å². The summed E-state index contributed by atoms with van der Waals surface area (Å²) in [5.74, 6) is -5.36. The first-order valence-electron chi connectivity index (χ1n) is 24.3. The van der Waals surface area contributed by atoms with Crippen LogP contribution in [0.2, 0.25) is 0 Å². The van der Waals surface area contributed by atoms with Gasteiger partial charge in [0.25, 0.3) is 5.91 Å². The summed E-state index contributed by atoms with van der Waals surface area (Å²) in [5.41, 5.74) is 3.01. The van der Waals surface area contributed by atoms with E-state index in [-0.39, 0.29) is 55.4 Å². The molecular weight excluding hydrogens is 827 g/mol. The summed E-state index contributed by atoms with van der Waals surface area (Å²) in [7, 11) is 4.89. The fourth-order valence-electron chi connectivity index (χ4n) is 11.4. The number of aliphatic hydroxyl groups is 3. The SMILES string of the molecule is CCC1C=C(C)CC(C)CC(OC)C2OC(O)(C(C)CC2OC)C(O)C(=O)N2CCCCC2C(=O)OC(C(C)=CC2CCC(c3ccc4ccccc4c3)C(OC)C2)C(C)C(O)CC1=O. The highest BCUT2D eigenvalue weighted by molar-refractivity contribution is 5.88. The molecule has 0 spiro atoms. The van der Waals surface area contributed by atoms with E-state index in [2.05, 4.69) is 49.4 Å². The van der Waals surface area contributed by atoms with Crippen molar-refractivity contribution in [1.82, 2.24) is 4.90 Å². The predicted octanol–water partition coefficient (Wildman–Crippen LogP) is 7.84. The molecule has 15 unspecified atom stereocenters. The molecule has 1 aliphatic carbocycles. The Morgan fingerprint density at radius 2 is 1.57 bits per heavy atom. The van der Waals surface area contributed by atoms with Gasteiger partial charge in [0.2, 0.25) is 5.79 Å². The highest BCUT2D eigenvalue weighted by Gasteiger charge is 2.56. The third-order valence-electron chi connectivity index (χ3n) is 15.3. The van der Waals surface area contributed by atoms with Gasteiger partial charge in [0.05, 0.1) is 24.4 Å². The summed E-state index contributed by atoms with van der Waals surface area (Å²) in [5, 5.41) is 38.4. The van der Waals surface area contributed by atoms with Gasteiger partial charge in [-0.25, -0.2) is 4.79 Å². The third-order valence-corrected chi connectivity index (χ3v) is 15.3. The van der Waals surface area contributed by atoms with Gasteiger partial charge in [-0.2, -0.15) is 0 Å². The van der Waals surface area contributed by atoms with Crippen molar-refractivity contribution < 1.29 is 53.4 Å². The van der Waals surface area contributed by atoms with E-state index in [1.165, 1.54) is 21.2 Å². The monoisotopic (exact) mass is 904 g/mol. The summed E-state index contributed by atoms with van der Waals surface area (Å²) in [6.45, 7) is 11.6. The van der Waals surface area contributed by atoms with E-state index < -0.39 is 78.1 Å². The lowest BCUT2D eigenvalue weighted by atomic mass is 9.75. The molecule has 2 aromatic rings. The molecule has 3 N–H and O–H groups in total. The van der Waals surface area contributed by atoms with E-state index in [0.29, 0.717) is 32.1 Å². The quantitative estimate of drug-likeness (QED) is 0.184. The summed E-state index contributed by atoms with van der Waals surface area (Å²) in [6.07, 6.45) is 4.01. The Morgan fingerprint density at radius 3 is 2.26 bits per heavy atom. The standard InChI is InChI=1S/C53H77NO11/c1-10-37-24-31(2)23-32(3)25-46(62-8)49-47(63-9)27-34(5)53(60,65-49)50(57)51(58)54-22-14-13-17-42(54)52(59)64-48(35(6)43(55)30-44(37)56)33(4)26-36-18-21-41(45(28-36)61-7)40-20-19-38-15-11-12-16-39(38)29-40/h11-12,15-16,19-20,24,26,29,32,34-37,41-43,45-50,55,57,60H,10,13-14,17-18,21-23,25,27-28,30H2,1-9H3. The van der Waals surface area contributed by atoms with Crippen molar-refractivity contribution in [2.24, 2.45) is 29.6 Å². The maximum absolute atomic E-state index is 14.6. The Labute approximate surface area is 387 Å². The number of allylic oxidation sites excluding steroid dienone is 3. The van der Waals surface area contributed by atoms with E-state index in [0.717, 1.165) is 30.4 Å². The number of ketones is 1. The summed E-state index contributed by atoms with van der Waals surface area (Å²) in [6, 6.07) is 13.9. The second kappa shape index (κ2) is 22.5. The van der Waals surface area contributed by atoms with Crippen molar-refractivity contribution in [2.45, 2.75) is 173 Å². The minimum absolute atomic E-state index is 0.0503. The number of methoxy groups -OCH3 is 3. The van der Waals surface area contributed by atoms with E-state index in [4.69, 9.17) is 23.7 Å². The zero-order valence-electron chi connectivity index (χ0n) is 40.3. The van der Waals surface area contributed by atoms with Gasteiger partial charge in [-0.15, -0.1) is 0 Å². The van der Waals surface area contributed by atoms with E-state index in [9.17, 15) is 29.7 Å². The maximum atomic E-state index is 14.6. The first-order chi connectivity index (χ1) is 31.0. The number of nitrogens with zero attached hydrogens (tertiary/aromatic N) is 1. The lowest BCUT2D eigenvalue weighted by molar-refractivity contribution is -0.346. The van der Waals surface area contributed by atoms with Gasteiger partial charge in [0, 0.05) is 58.0 Å². The third kappa shape index (κ3) is 11.6. The maximum Gasteiger partial charge on any atom is 0.329 e. The molecule has 2 aromatic carbocycles. The van der Waals surface area contributed by atoms with Crippen LogP contribution in [-0.2, 0) is 38.1 Å². The number of amides is 1. The van der Waals surface area contributed by atoms with Crippen molar-refractivity contribution >= 4 is 28.4 Å². The number of piperidine rings is 1. The molecule has 360 valence electrons. The number of esters is 1. The molecule has 65 heavy (non-hydrogen) atoms. The van der Waals surface area contributed by atoms with E-state index in [1.54, 1.807) is 28.3 Å². The average Bonchev–Trinajstić information content (AvgIpc) is 3.30. The number of fused-ring (bicyclic) bond motifs is 4. The molecule has 6 rings (SSSR count). The molecule has 3 fully saturated rings. The number of carbonyl (C=O) groups is 3. The fraction of sp³-hybridized carbons (Fsp3) is 0.679. The highest BCUT2D eigenvalue weighted by Crippen LogP contribution is 2.42. The molecule has 1 amide bonds. The lowest BCUT2D eigenvalue weighted by Crippen LogP contribution is -2.66. The number of cyclic esters (lactones) is 1. The average molecular weight is 904 g/mol. The highest BCUT2D eigenvalue weighted by atomic mass is 16.7. The van der Waals surface area contributed by atoms with Crippen molar-refractivity contribution in [3.8, 4) is 0 Å². The molecule has 0 radical (unpaired) electrons. The van der Waals surface area contributed by atoms with Crippen LogP contribution < -0.4 is 0 Å². The van der Waals surface area contributed by atoms with Crippen LogP contribution in [0.5, 0.6) is 0 Å². The van der Waals surface area contributed by atoms with Crippen LogP contribution >= 0.6 is 0 Å². The number of hydrogen-bond donors (Lipinski definition) is 3. The number of carbonyl (C=O) groups excluding carboxylic acids is 3. The van der Waals surface area contributed by atoms with Crippen LogP contribution in [0.3, 0.4) is 0 Å². The summed E-state index contributed by atoms with van der Waals surface area (Å²) in [4.78, 5) is 44.4. The number of Topliss-reactive ketones (excluding diaryl/α,β-unsaturated/α-hetero) is 1. The van der Waals surface area contributed by atoms with Crippen LogP contribution in [0.25, 0.3) is 10.8 Å². The molecule has 1 saturated carbocycles. The number of aliphatic hydroxyl groups excluding tert-OH is 2. The van der Waals surface area contributed by atoms with Crippen molar-refractivity contribution in [3.05, 3.63) is 71.3 Å². The summed E-state index contributed by atoms with van der Waals surface area (Å²) < 4.78 is 30.8. The number of benzene rings is 2. The van der Waals surface area contributed by atoms with Crippen molar-refractivity contribution in [1.29, 1.82) is 0 Å². The van der Waals surface area contributed by atoms with E-state index in [1.807, 2.05) is 39.8 Å². The molecule has 12 heteroatoms. The Bertz CT molecular complexity index is 2000. The Kier molecular flexibility index (Phi) is 17.7. The lowest BCUT2D eigenvalue weighted by Gasteiger charge is -2.49. The van der Waals surface area contributed by atoms with Crippen LogP contribution in [0.15, 0.2) is 65.8 Å². The Balaban J connectivity index is 1.32. The second-order valence-electron chi connectivity index (χ2n) is 20.0. The number of ether oxygens (including phenoxy) is 5. The van der Waals surface area contributed by atoms with Crippen molar-refractivity contribution in [3.63, 3.8) is 0 Å². The van der Waals surface area contributed by atoms with Gasteiger partial charge < -0.3 is 43.9 Å².